The summed E-state index contributed by atoms with van der Waals surface area (Å²) in [6.45, 7) is 8.01. The Morgan fingerprint density at radius 1 is 0.962 bits per heavy atom. The molecule has 0 bridgehead atoms. The number of hydrogen-bond acceptors (Lipinski definition) is 3. The third-order valence-electron chi connectivity index (χ3n) is 4.11. The molecular weight excluding hydrogens is 328 g/mol. The highest BCUT2D eigenvalue weighted by Crippen LogP contribution is 2.22. The van der Waals surface area contributed by atoms with Crippen LogP contribution in [0.25, 0.3) is 0 Å². The third kappa shape index (κ3) is 5.09. The normalized spacial score (nSPS) is 12.2. The van der Waals surface area contributed by atoms with Crippen molar-refractivity contribution < 1.29 is 14.3 Å². The number of anilines is 1. The fourth-order valence-electron chi connectivity index (χ4n) is 2.39. The second-order valence-electron chi connectivity index (χ2n) is 7.24. The van der Waals surface area contributed by atoms with E-state index in [1.807, 2.05) is 12.1 Å². The molecule has 0 aliphatic heterocycles. The van der Waals surface area contributed by atoms with E-state index in [1.54, 1.807) is 50.4 Å². The maximum absolute atomic E-state index is 12.3. The van der Waals surface area contributed by atoms with Crippen molar-refractivity contribution in [3.05, 3.63) is 59.7 Å². The molecule has 2 aromatic carbocycles. The topological polar surface area (TPSA) is 67.4 Å². The Morgan fingerprint density at radius 2 is 1.54 bits per heavy atom. The third-order valence-corrected chi connectivity index (χ3v) is 4.11. The molecule has 2 N–H and O–H groups in total. The standard InChI is InChI=1S/C21H26N2O3/c1-14(19(24)23-17-10-12-18(26-5)13-11-17)22-20(25)15-6-8-16(9-7-15)21(2,3)4/h6-14H,1-5H3,(H,22,25)(H,23,24). The van der Waals surface area contributed by atoms with Crippen molar-refractivity contribution in [2.75, 3.05) is 12.4 Å². The van der Waals surface area contributed by atoms with Gasteiger partial charge in [-0.15, -0.1) is 0 Å². The molecule has 5 nitrogen and oxygen atoms in total. The molecule has 1 unspecified atom stereocenters. The fraction of sp³-hybridized carbons (Fsp3) is 0.333. The maximum atomic E-state index is 12.3. The number of hydrogen-bond donors (Lipinski definition) is 2. The van der Waals surface area contributed by atoms with Gasteiger partial charge in [0.1, 0.15) is 11.8 Å². The first kappa shape index (κ1) is 19.5. The van der Waals surface area contributed by atoms with E-state index in [1.165, 1.54) is 0 Å². The van der Waals surface area contributed by atoms with E-state index in [2.05, 4.69) is 31.4 Å². The summed E-state index contributed by atoms with van der Waals surface area (Å²) in [6, 6.07) is 13.8. The second kappa shape index (κ2) is 8.04. The lowest BCUT2D eigenvalue weighted by atomic mass is 9.86. The summed E-state index contributed by atoms with van der Waals surface area (Å²) in [5.74, 6) is 0.153. The first-order valence-electron chi connectivity index (χ1n) is 8.57. The number of amides is 2. The maximum Gasteiger partial charge on any atom is 0.251 e. The summed E-state index contributed by atoms with van der Waals surface area (Å²) < 4.78 is 5.08. The van der Waals surface area contributed by atoms with Crippen LogP contribution in [0.3, 0.4) is 0 Å². The van der Waals surface area contributed by atoms with E-state index in [-0.39, 0.29) is 17.2 Å². The predicted molar refractivity (Wildman–Crippen MR) is 104 cm³/mol. The van der Waals surface area contributed by atoms with Gasteiger partial charge in [0.2, 0.25) is 5.91 Å². The second-order valence-corrected chi connectivity index (χ2v) is 7.24. The van der Waals surface area contributed by atoms with Crippen LogP contribution < -0.4 is 15.4 Å². The van der Waals surface area contributed by atoms with Crippen LogP contribution in [0.2, 0.25) is 0 Å². The van der Waals surface area contributed by atoms with Gasteiger partial charge in [-0.1, -0.05) is 32.9 Å². The van der Waals surface area contributed by atoms with Gasteiger partial charge in [0.05, 0.1) is 7.11 Å². The van der Waals surface area contributed by atoms with Crippen LogP contribution in [0.1, 0.15) is 43.6 Å². The number of methoxy groups -OCH3 is 1. The number of ether oxygens (including phenoxy) is 1. The zero-order chi connectivity index (χ0) is 19.3. The molecule has 138 valence electrons. The van der Waals surface area contributed by atoms with Crippen molar-refractivity contribution in [1.82, 2.24) is 5.32 Å². The molecular formula is C21H26N2O3. The average molecular weight is 354 g/mol. The van der Waals surface area contributed by atoms with Crippen LogP contribution in [0.4, 0.5) is 5.69 Å². The molecule has 0 aliphatic rings. The lowest BCUT2D eigenvalue weighted by Crippen LogP contribution is -2.41. The summed E-state index contributed by atoms with van der Waals surface area (Å²) in [5.41, 5.74) is 2.36. The minimum absolute atomic E-state index is 0.0283. The van der Waals surface area contributed by atoms with Gasteiger partial charge in [-0.25, -0.2) is 0 Å². The molecule has 26 heavy (non-hydrogen) atoms. The van der Waals surface area contributed by atoms with Gasteiger partial charge < -0.3 is 15.4 Å². The Labute approximate surface area is 154 Å². The Kier molecular flexibility index (Phi) is 6.03. The van der Waals surface area contributed by atoms with E-state index >= 15 is 0 Å². The Bertz CT molecular complexity index is 759. The number of nitrogens with one attached hydrogen (secondary N) is 2. The van der Waals surface area contributed by atoms with Crippen molar-refractivity contribution >= 4 is 17.5 Å². The molecule has 0 heterocycles. The average Bonchev–Trinajstić information content (AvgIpc) is 2.61. The van der Waals surface area contributed by atoms with E-state index in [9.17, 15) is 9.59 Å². The highest BCUT2D eigenvalue weighted by Gasteiger charge is 2.18. The summed E-state index contributed by atoms with van der Waals surface area (Å²) in [5, 5.41) is 5.49. The molecule has 0 aliphatic carbocycles. The molecule has 0 radical (unpaired) electrons. The van der Waals surface area contributed by atoms with E-state index in [0.717, 1.165) is 5.56 Å². The van der Waals surface area contributed by atoms with Gasteiger partial charge in [-0.05, 0) is 54.3 Å². The minimum Gasteiger partial charge on any atom is -0.497 e. The van der Waals surface area contributed by atoms with Crippen LogP contribution >= 0.6 is 0 Å². The number of carbonyl (C=O) groups is 2. The van der Waals surface area contributed by atoms with Gasteiger partial charge >= 0.3 is 0 Å². The molecule has 0 saturated carbocycles. The number of benzene rings is 2. The van der Waals surface area contributed by atoms with Gasteiger partial charge in [-0.3, -0.25) is 9.59 Å². The predicted octanol–water partition coefficient (Wildman–Crippen LogP) is 3.75. The molecule has 2 rings (SSSR count). The number of carbonyl (C=O) groups excluding carboxylic acids is 2. The van der Waals surface area contributed by atoms with Crippen molar-refractivity contribution in [1.29, 1.82) is 0 Å². The smallest absolute Gasteiger partial charge is 0.251 e. The molecule has 2 amide bonds. The van der Waals surface area contributed by atoms with Gasteiger partial charge in [0.25, 0.3) is 5.91 Å². The first-order chi connectivity index (χ1) is 12.2. The van der Waals surface area contributed by atoms with Crippen LogP contribution in [-0.4, -0.2) is 25.0 Å². The molecule has 2 aromatic rings. The monoisotopic (exact) mass is 354 g/mol. The van der Waals surface area contributed by atoms with Gasteiger partial charge in [0, 0.05) is 11.3 Å². The Balaban J connectivity index is 1.95. The van der Waals surface area contributed by atoms with E-state index in [0.29, 0.717) is 17.0 Å². The largest absolute Gasteiger partial charge is 0.497 e. The highest BCUT2D eigenvalue weighted by atomic mass is 16.5. The van der Waals surface area contributed by atoms with Gasteiger partial charge in [0.15, 0.2) is 0 Å². The van der Waals surface area contributed by atoms with Crippen LogP contribution in [0.15, 0.2) is 48.5 Å². The molecule has 0 fully saturated rings. The van der Waals surface area contributed by atoms with Crippen molar-refractivity contribution in [2.24, 2.45) is 0 Å². The highest BCUT2D eigenvalue weighted by molar-refractivity contribution is 6.01. The molecule has 1 atom stereocenters. The first-order valence-corrected chi connectivity index (χ1v) is 8.57. The fourth-order valence-corrected chi connectivity index (χ4v) is 2.39. The van der Waals surface area contributed by atoms with Crippen LogP contribution in [0.5, 0.6) is 5.75 Å². The Hall–Kier alpha value is -2.82. The number of rotatable bonds is 5. The van der Waals surface area contributed by atoms with Crippen molar-refractivity contribution in [3.63, 3.8) is 0 Å². The Morgan fingerprint density at radius 3 is 2.04 bits per heavy atom. The zero-order valence-corrected chi connectivity index (χ0v) is 15.9. The van der Waals surface area contributed by atoms with Crippen molar-refractivity contribution in [3.8, 4) is 5.75 Å². The quantitative estimate of drug-likeness (QED) is 0.859. The van der Waals surface area contributed by atoms with Crippen LogP contribution in [-0.2, 0) is 10.2 Å². The molecule has 0 spiro atoms. The van der Waals surface area contributed by atoms with Crippen molar-refractivity contribution in [2.45, 2.75) is 39.2 Å². The molecule has 0 saturated heterocycles. The summed E-state index contributed by atoms with van der Waals surface area (Å²) >= 11 is 0. The van der Waals surface area contributed by atoms with E-state index < -0.39 is 6.04 Å². The molecule has 0 aromatic heterocycles. The summed E-state index contributed by atoms with van der Waals surface area (Å²) in [7, 11) is 1.58. The van der Waals surface area contributed by atoms with Gasteiger partial charge in [-0.2, -0.15) is 0 Å². The van der Waals surface area contributed by atoms with Crippen LogP contribution in [0, 0.1) is 0 Å². The van der Waals surface area contributed by atoms with E-state index in [4.69, 9.17) is 4.74 Å². The zero-order valence-electron chi connectivity index (χ0n) is 15.9. The lowest BCUT2D eigenvalue weighted by molar-refractivity contribution is -0.117. The molecule has 5 heteroatoms. The summed E-state index contributed by atoms with van der Waals surface area (Å²) in [4.78, 5) is 24.6. The summed E-state index contributed by atoms with van der Waals surface area (Å²) in [6.07, 6.45) is 0. The SMILES string of the molecule is COc1ccc(NC(=O)C(C)NC(=O)c2ccc(C(C)(C)C)cc2)cc1. The minimum atomic E-state index is -0.660. The lowest BCUT2D eigenvalue weighted by Gasteiger charge is -2.19.